The molecule has 0 fully saturated rings. The standard InChI is InChI=1S/C21H19NO3/c1-15-6-4-9-17(12-15)21(24)22-13-20(23)25-14-18-10-5-8-16-7-2-3-11-19(16)18/h2-12H,13-14H2,1H3,(H,22,24). The summed E-state index contributed by atoms with van der Waals surface area (Å²) in [6, 6.07) is 21.0. The molecule has 4 heteroatoms. The summed E-state index contributed by atoms with van der Waals surface area (Å²) in [4.78, 5) is 23.9. The normalized spacial score (nSPS) is 10.4. The zero-order valence-corrected chi connectivity index (χ0v) is 14.0. The van der Waals surface area contributed by atoms with E-state index >= 15 is 0 Å². The van der Waals surface area contributed by atoms with Crippen molar-refractivity contribution in [2.24, 2.45) is 0 Å². The number of ether oxygens (including phenoxy) is 1. The van der Waals surface area contributed by atoms with E-state index in [0.29, 0.717) is 5.56 Å². The summed E-state index contributed by atoms with van der Waals surface area (Å²) in [7, 11) is 0. The number of esters is 1. The fourth-order valence-corrected chi connectivity index (χ4v) is 2.67. The van der Waals surface area contributed by atoms with Crippen molar-refractivity contribution in [2.45, 2.75) is 13.5 Å². The molecule has 3 aromatic carbocycles. The van der Waals surface area contributed by atoms with Gasteiger partial charge in [0.25, 0.3) is 5.91 Å². The molecule has 4 nitrogen and oxygen atoms in total. The first kappa shape index (κ1) is 16.7. The number of fused-ring (bicyclic) bond motifs is 1. The van der Waals surface area contributed by atoms with Crippen LogP contribution in [0.5, 0.6) is 0 Å². The monoisotopic (exact) mass is 333 g/mol. The second-order valence-electron chi connectivity index (χ2n) is 5.85. The average molecular weight is 333 g/mol. The van der Waals surface area contributed by atoms with Crippen LogP contribution in [0, 0.1) is 6.92 Å². The zero-order chi connectivity index (χ0) is 17.6. The van der Waals surface area contributed by atoms with Crippen molar-refractivity contribution in [1.82, 2.24) is 5.32 Å². The minimum absolute atomic E-state index is 0.155. The first-order valence-corrected chi connectivity index (χ1v) is 8.10. The highest BCUT2D eigenvalue weighted by Crippen LogP contribution is 2.19. The maximum Gasteiger partial charge on any atom is 0.325 e. The Morgan fingerprint density at radius 3 is 2.56 bits per heavy atom. The van der Waals surface area contributed by atoms with Gasteiger partial charge in [-0.15, -0.1) is 0 Å². The maximum atomic E-state index is 12.0. The van der Waals surface area contributed by atoms with Gasteiger partial charge in [0.1, 0.15) is 13.2 Å². The van der Waals surface area contributed by atoms with Gasteiger partial charge in [-0.3, -0.25) is 9.59 Å². The Morgan fingerprint density at radius 1 is 0.960 bits per heavy atom. The van der Waals surface area contributed by atoms with Crippen LogP contribution in [0.4, 0.5) is 0 Å². The van der Waals surface area contributed by atoms with Crippen molar-refractivity contribution in [2.75, 3.05) is 6.54 Å². The van der Waals surface area contributed by atoms with Gasteiger partial charge in [-0.2, -0.15) is 0 Å². The van der Waals surface area contributed by atoms with Gasteiger partial charge in [-0.1, -0.05) is 60.2 Å². The number of benzene rings is 3. The minimum atomic E-state index is -0.464. The third-order valence-corrected chi connectivity index (χ3v) is 3.94. The van der Waals surface area contributed by atoms with Crippen molar-refractivity contribution >= 4 is 22.6 Å². The number of carbonyl (C=O) groups is 2. The van der Waals surface area contributed by atoms with E-state index in [4.69, 9.17) is 4.74 Å². The summed E-state index contributed by atoms with van der Waals surface area (Å²) in [5, 5.41) is 4.74. The second kappa shape index (κ2) is 7.62. The minimum Gasteiger partial charge on any atom is -0.459 e. The molecule has 0 spiro atoms. The molecule has 3 rings (SSSR count). The predicted molar refractivity (Wildman–Crippen MR) is 97.3 cm³/mol. The SMILES string of the molecule is Cc1cccc(C(=O)NCC(=O)OCc2cccc3ccccc23)c1. The van der Waals surface area contributed by atoms with E-state index in [-0.39, 0.29) is 19.1 Å². The largest absolute Gasteiger partial charge is 0.459 e. The lowest BCUT2D eigenvalue weighted by Crippen LogP contribution is -2.30. The molecule has 3 aromatic rings. The van der Waals surface area contributed by atoms with Crippen LogP contribution in [0.25, 0.3) is 10.8 Å². The molecule has 0 atom stereocenters. The summed E-state index contributed by atoms with van der Waals surface area (Å²) < 4.78 is 5.29. The van der Waals surface area contributed by atoms with Crippen molar-refractivity contribution in [3.63, 3.8) is 0 Å². The van der Waals surface area contributed by atoms with E-state index in [1.807, 2.05) is 61.5 Å². The molecule has 0 heterocycles. The summed E-state index contributed by atoms with van der Waals surface area (Å²) >= 11 is 0. The summed E-state index contributed by atoms with van der Waals surface area (Å²) in [5.41, 5.74) is 2.46. The van der Waals surface area contributed by atoms with Crippen LogP contribution < -0.4 is 5.32 Å². The average Bonchev–Trinajstić information content (AvgIpc) is 2.64. The molecular formula is C21H19NO3. The molecule has 0 unspecified atom stereocenters. The highest BCUT2D eigenvalue weighted by Gasteiger charge is 2.10. The summed E-state index contributed by atoms with van der Waals surface area (Å²) in [6.45, 7) is 1.94. The lowest BCUT2D eigenvalue weighted by atomic mass is 10.1. The summed E-state index contributed by atoms with van der Waals surface area (Å²) in [5.74, 6) is -0.750. The van der Waals surface area contributed by atoms with Gasteiger partial charge in [0, 0.05) is 5.56 Å². The Kier molecular flexibility index (Phi) is 5.09. The van der Waals surface area contributed by atoms with Crippen LogP contribution in [-0.4, -0.2) is 18.4 Å². The van der Waals surface area contributed by atoms with E-state index in [9.17, 15) is 9.59 Å². The van der Waals surface area contributed by atoms with Crippen LogP contribution >= 0.6 is 0 Å². The number of amides is 1. The van der Waals surface area contributed by atoms with Gasteiger partial charge in [-0.25, -0.2) is 0 Å². The van der Waals surface area contributed by atoms with Gasteiger partial charge in [0.15, 0.2) is 0 Å². The quantitative estimate of drug-likeness (QED) is 0.726. The fourth-order valence-electron chi connectivity index (χ4n) is 2.67. The number of carbonyl (C=O) groups excluding carboxylic acids is 2. The smallest absolute Gasteiger partial charge is 0.325 e. The Morgan fingerprint density at radius 2 is 1.72 bits per heavy atom. The van der Waals surface area contributed by atoms with E-state index in [1.165, 1.54) is 0 Å². The lowest BCUT2D eigenvalue weighted by molar-refractivity contribution is -0.143. The van der Waals surface area contributed by atoms with Gasteiger partial charge in [0.2, 0.25) is 0 Å². The third-order valence-electron chi connectivity index (χ3n) is 3.94. The van der Waals surface area contributed by atoms with Crippen molar-refractivity contribution in [3.05, 3.63) is 83.4 Å². The molecule has 0 bridgehead atoms. The van der Waals surface area contributed by atoms with Gasteiger partial charge in [-0.05, 0) is 35.4 Å². The highest BCUT2D eigenvalue weighted by atomic mass is 16.5. The molecule has 0 aliphatic heterocycles. The van der Waals surface area contributed by atoms with Gasteiger partial charge >= 0.3 is 5.97 Å². The second-order valence-corrected chi connectivity index (χ2v) is 5.85. The maximum absolute atomic E-state index is 12.0. The van der Waals surface area contributed by atoms with Gasteiger partial charge in [0.05, 0.1) is 0 Å². The molecule has 25 heavy (non-hydrogen) atoms. The molecule has 0 aromatic heterocycles. The Balaban J connectivity index is 1.55. The topological polar surface area (TPSA) is 55.4 Å². The van der Waals surface area contributed by atoms with E-state index < -0.39 is 5.97 Å². The molecule has 0 aliphatic carbocycles. The predicted octanol–water partition coefficient (Wildman–Crippen LogP) is 3.62. The zero-order valence-electron chi connectivity index (χ0n) is 14.0. The molecule has 1 N–H and O–H groups in total. The summed E-state index contributed by atoms with van der Waals surface area (Å²) in [6.07, 6.45) is 0. The molecule has 0 saturated carbocycles. The van der Waals surface area contributed by atoms with Gasteiger partial charge < -0.3 is 10.1 Å². The van der Waals surface area contributed by atoms with E-state index in [2.05, 4.69) is 5.32 Å². The van der Waals surface area contributed by atoms with Crippen LogP contribution in [0.3, 0.4) is 0 Å². The number of nitrogens with one attached hydrogen (secondary N) is 1. The lowest BCUT2D eigenvalue weighted by Gasteiger charge is -2.09. The first-order valence-electron chi connectivity index (χ1n) is 8.10. The van der Waals surface area contributed by atoms with Crippen LogP contribution in [-0.2, 0) is 16.1 Å². The molecule has 126 valence electrons. The number of rotatable bonds is 5. The van der Waals surface area contributed by atoms with Crippen LogP contribution in [0.15, 0.2) is 66.7 Å². The third kappa shape index (κ3) is 4.23. The highest BCUT2D eigenvalue weighted by molar-refractivity contribution is 5.96. The fraction of sp³-hybridized carbons (Fsp3) is 0.143. The van der Waals surface area contributed by atoms with Crippen molar-refractivity contribution < 1.29 is 14.3 Å². The van der Waals surface area contributed by atoms with E-state index in [0.717, 1.165) is 21.9 Å². The molecule has 0 radical (unpaired) electrons. The molecular weight excluding hydrogens is 314 g/mol. The number of aryl methyl sites for hydroxylation is 1. The van der Waals surface area contributed by atoms with Crippen molar-refractivity contribution in [1.29, 1.82) is 0 Å². The Bertz CT molecular complexity index is 912. The van der Waals surface area contributed by atoms with Crippen LogP contribution in [0.2, 0.25) is 0 Å². The van der Waals surface area contributed by atoms with Crippen molar-refractivity contribution in [3.8, 4) is 0 Å². The Hall–Kier alpha value is -3.14. The Labute approximate surface area is 146 Å². The van der Waals surface area contributed by atoms with E-state index in [1.54, 1.807) is 12.1 Å². The number of hydrogen-bond acceptors (Lipinski definition) is 3. The molecule has 1 amide bonds. The first-order chi connectivity index (χ1) is 12.1. The molecule has 0 aliphatic rings. The molecule has 0 saturated heterocycles. The number of hydrogen-bond donors (Lipinski definition) is 1. The van der Waals surface area contributed by atoms with Crippen LogP contribution in [0.1, 0.15) is 21.5 Å².